The second-order valence-corrected chi connectivity index (χ2v) is 5.79. The van der Waals surface area contributed by atoms with Crippen molar-refractivity contribution in [2.75, 3.05) is 32.1 Å². The topological polar surface area (TPSA) is 15.3 Å². The van der Waals surface area contributed by atoms with Crippen molar-refractivity contribution >= 4 is 5.69 Å². The fourth-order valence-electron chi connectivity index (χ4n) is 2.78. The molecule has 2 heteroatoms. The first-order chi connectivity index (χ1) is 8.50. The molecule has 0 aliphatic carbocycles. The molecule has 18 heavy (non-hydrogen) atoms. The Kier molecular flexibility index (Phi) is 5.67. The molecule has 1 N–H and O–H groups in total. The van der Waals surface area contributed by atoms with Gasteiger partial charge in [0.05, 0.1) is 0 Å². The Morgan fingerprint density at radius 1 is 1.33 bits per heavy atom. The van der Waals surface area contributed by atoms with Crippen molar-refractivity contribution in [1.82, 2.24) is 5.32 Å². The lowest BCUT2D eigenvalue weighted by Crippen LogP contribution is -2.40. The van der Waals surface area contributed by atoms with Gasteiger partial charge in [0.15, 0.2) is 0 Å². The molecule has 0 aliphatic heterocycles. The van der Waals surface area contributed by atoms with E-state index in [0.717, 1.165) is 13.1 Å². The zero-order valence-corrected chi connectivity index (χ0v) is 12.6. The molecule has 0 saturated heterocycles. The maximum Gasteiger partial charge on any atom is 0.0366 e. The summed E-state index contributed by atoms with van der Waals surface area (Å²) in [5.74, 6) is 0. The van der Waals surface area contributed by atoms with Crippen LogP contribution in [-0.4, -0.2) is 27.2 Å². The van der Waals surface area contributed by atoms with Crippen LogP contribution in [0.5, 0.6) is 0 Å². The molecule has 102 valence electrons. The van der Waals surface area contributed by atoms with Gasteiger partial charge in [-0.05, 0) is 43.5 Å². The fraction of sp³-hybridized carbons (Fsp3) is 0.625. The van der Waals surface area contributed by atoms with E-state index in [-0.39, 0.29) is 0 Å². The van der Waals surface area contributed by atoms with Crippen molar-refractivity contribution in [3.05, 3.63) is 29.8 Å². The molecule has 1 unspecified atom stereocenters. The summed E-state index contributed by atoms with van der Waals surface area (Å²) >= 11 is 0. The highest BCUT2D eigenvalue weighted by Gasteiger charge is 2.24. The molecule has 1 atom stereocenters. The zero-order chi connectivity index (χ0) is 13.6. The van der Waals surface area contributed by atoms with Gasteiger partial charge in [0.1, 0.15) is 0 Å². The van der Waals surface area contributed by atoms with Crippen molar-refractivity contribution in [1.29, 1.82) is 0 Å². The third kappa shape index (κ3) is 4.34. The van der Waals surface area contributed by atoms with Gasteiger partial charge in [0.25, 0.3) is 0 Å². The maximum absolute atomic E-state index is 3.33. The molecular formula is C16H28N2. The Hall–Kier alpha value is -1.02. The van der Waals surface area contributed by atoms with Gasteiger partial charge in [0.2, 0.25) is 0 Å². The van der Waals surface area contributed by atoms with Gasteiger partial charge >= 0.3 is 0 Å². The largest absolute Gasteiger partial charge is 0.374 e. The van der Waals surface area contributed by atoms with Gasteiger partial charge in [-0.1, -0.05) is 32.4 Å². The molecule has 0 amide bonds. The molecule has 1 aromatic carbocycles. The Bertz CT molecular complexity index is 354. The molecule has 0 fully saturated rings. The molecule has 2 nitrogen and oxygen atoms in total. The molecule has 0 spiro atoms. The molecule has 1 rings (SSSR count). The van der Waals surface area contributed by atoms with Crippen LogP contribution in [0.4, 0.5) is 5.69 Å². The minimum atomic E-state index is 0.335. The molecule has 0 bridgehead atoms. The van der Waals surface area contributed by atoms with Crippen LogP contribution in [0, 0.1) is 12.3 Å². The van der Waals surface area contributed by atoms with E-state index < -0.39 is 0 Å². The lowest BCUT2D eigenvalue weighted by molar-refractivity contribution is 0.292. The van der Waals surface area contributed by atoms with E-state index in [0.29, 0.717) is 5.41 Å². The van der Waals surface area contributed by atoms with Gasteiger partial charge < -0.3 is 10.2 Å². The number of anilines is 1. The Labute approximate surface area is 112 Å². The summed E-state index contributed by atoms with van der Waals surface area (Å²) in [6.07, 6.45) is 2.49. The van der Waals surface area contributed by atoms with E-state index >= 15 is 0 Å². The number of rotatable bonds is 7. The molecule has 0 radical (unpaired) electrons. The van der Waals surface area contributed by atoms with Crippen LogP contribution in [0.15, 0.2) is 24.3 Å². The Morgan fingerprint density at radius 2 is 2.06 bits per heavy atom. The average Bonchev–Trinajstić information content (AvgIpc) is 2.29. The summed E-state index contributed by atoms with van der Waals surface area (Å²) in [6, 6.07) is 8.73. The Morgan fingerprint density at radius 3 is 2.61 bits per heavy atom. The van der Waals surface area contributed by atoms with E-state index in [4.69, 9.17) is 0 Å². The van der Waals surface area contributed by atoms with Gasteiger partial charge in [0, 0.05) is 25.8 Å². The normalized spacial score (nSPS) is 14.3. The molecule has 0 saturated carbocycles. The van der Waals surface area contributed by atoms with Crippen LogP contribution in [0.3, 0.4) is 0 Å². The van der Waals surface area contributed by atoms with E-state index in [9.17, 15) is 0 Å². The second kappa shape index (κ2) is 6.79. The number of aryl methyl sites for hydroxylation is 1. The van der Waals surface area contributed by atoms with Crippen molar-refractivity contribution < 1.29 is 0 Å². The van der Waals surface area contributed by atoms with E-state index in [2.05, 4.69) is 62.3 Å². The fourth-order valence-corrected chi connectivity index (χ4v) is 2.78. The third-order valence-corrected chi connectivity index (χ3v) is 3.52. The minimum absolute atomic E-state index is 0.335. The summed E-state index contributed by atoms with van der Waals surface area (Å²) in [5.41, 5.74) is 2.97. The minimum Gasteiger partial charge on any atom is -0.374 e. The maximum atomic E-state index is 3.33. The van der Waals surface area contributed by atoms with Gasteiger partial charge in [-0.25, -0.2) is 0 Å². The summed E-state index contributed by atoms with van der Waals surface area (Å²) in [4.78, 5) is 2.38. The first kappa shape index (κ1) is 15.0. The van der Waals surface area contributed by atoms with E-state index in [1.165, 1.54) is 24.1 Å². The average molecular weight is 248 g/mol. The predicted octanol–water partition coefficient (Wildman–Crippen LogP) is 3.46. The molecule has 1 aromatic rings. The summed E-state index contributed by atoms with van der Waals surface area (Å²) < 4.78 is 0. The first-order valence-corrected chi connectivity index (χ1v) is 6.93. The van der Waals surface area contributed by atoms with Crippen LogP contribution >= 0.6 is 0 Å². The number of benzene rings is 1. The highest BCUT2D eigenvalue weighted by atomic mass is 15.1. The van der Waals surface area contributed by atoms with Crippen molar-refractivity contribution in [3.8, 4) is 0 Å². The highest BCUT2D eigenvalue weighted by Crippen LogP contribution is 2.26. The molecule has 0 heterocycles. The summed E-state index contributed by atoms with van der Waals surface area (Å²) in [6.45, 7) is 8.94. The standard InChI is InChI=1S/C16H28N2/c1-6-10-16(3,12-17-4)13-18(5)15-9-7-8-14(2)11-15/h7-9,11,17H,6,10,12-13H2,1-5H3. The van der Waals surface area contributed by atoms with Crippen LogP contribution < -0.4 is 10.2 Å². The third-order valence-electron chi connectivity index (χ3n) is 3.52. The van der Waals surface area contributed by atoms with Crippen LogP contribution in [0.25, 0.3) is 0 Å². The van der Waals surface area contributed by atoms with Crippen molar-refractivity contribution in [2.45, 2.75) is 33.6 Å². The molecule has 0 aliphatic rings. The first-order valence-electron chi connectivity index (χ1n) is 6.93. The van der Waals surface area contributed by atoms with Gasteiger partial charge in [-0.2, -0.15) is 0 Å². The van der Waals surface area contributed by atoms with Gasteiger partial charge in [-0.3, -0.25) is 0 Å². The zero-order valence-electron chi connectivity index (χ0n) is 12.6. The van der Waals surface area contributed by atoms with Crippen molar-refractivity contribution in [3.63, 3.8) is 0 Å². The lowest BCUT2D eigenvalue weighted by atomic mass is 9.85. The summed E-state index contributed by atoms with van der Waals surface area (Å²) in [5, 5.41) is 3.33. The quantitative estimate of drug-likeness (QED) is 0.795. The SMILES string of the molecule is CCCC(C)(CNC)CN(C)c1cccc(C)c1. The second-order valence-electron chi connectivity index (χ2n) is 5.79. The van der Waals surface area contributed by atoms with Crippen molar-refractivity contribution in [2.24, 2.45) is 5.41 Å². The summed E-state index contributed by atoms with van der Waals surface area (Å²) in [7, 11) is 4.24. The smallest absolute Gasteiger partial charge is 0.0366 e. The highest BCUT2D eigenvalue weighted by molar-refractivity contribution is 5.47. The van der Waals surface area contributed by atoms with E-state index in [1.807, 2.05) is 7.05 Å². The van der Waals surface area contributed by atoms with Gasteiger partial charge in [-0.15, -0.1) is 0 Å². The predicted molar refractivity (Wildman–Crippen MR) is 81.4 cm³/mol. The number of hydrogen-bond acceptors (Lipinski definition) is 2. The monoisotopic (exact) mass is 248 g/mol. The number of nitrogens with one attached hydrogen (secondary N) is 1. The van der Waals surface area contributed by atoms with Crippen LogP contribution in [-0.2, 0) is 0 Å². The van der Waals surface area contributed by atoms with E-state index in [1.54, 1.807) is 0 Å². The number of nitrogens with zero attached hydrogens (tertiary/aromatic N) is 1. The van der Waals surface area contributed by atoms with Crippen LogP contribution in [0.1, 0.15) is 32.3 Å². The Balaban J connectivity index is 2.74. The molecule has 0 aromatic heterocycles. The molecular weight excluding hydrogens is 220 g/mol. The number of hydrogen-bond donors (Lipinski definition) is 1. The van der Waals surface area contributed by atoms with Crippen LogP contribution in [0.2, 0.25) is 0 Å². The lowest BCUT2D eigenvalue weighted by Gasteiger charge is -2.35.